The first-order valence-corrected chi connectivity index (χ1v) is 10.9. The largest absolute Gasteiger partial charge is 0.744 e. The van der Waals surface area contributed by atoms with Crippen LogP contribution in [0.1, 0.15) is 17.0 Å². The highest BCUT2D eigenvalue weighted by Crippen LogP contribution is 2.23. The van der Waals surface area contributed by atoms with Crippen LogP contribution >= 0.6 is 0 Å². The van der Waals surface area contributed by atoms with Crippen molar-refractivity contribution in [3.63, 3.8) is 0 Å². The summed E-state index contributed by atoms with van der Waals surface area (Å²) in [4.78, 5) is 7.22. The van der Waals surface area contributed by atoms with Crippen LogP contribution in [0.3, 0.4) is 0 Å². The number of aliphatic hydroxyl groups is 1. The van der Waals surface area contributed by atoms with Crippen molar-refractivity contribution in [1.29, 1.82) is 5.26 Å². The van der Waals surface area contributed by atoms with Gasteiger partial charge in [0, 0.05) is 17.7 Å². The molecule has 0 aliphatic heterocycles. The number of aromatic amines is 1. The summed E-state index contributed by atoms with van der Waals surface area (Å²) >= 11 is 0. The third-order valence-electron chi connectivity index (χ3n) is 4.54. The summed E-state index contributed by atoms with van der Waals surface area (Å²) in [6, 6.07) is 18.8. The number of benzene rings is 2. The number of aliphatic hydroxyl groups excluding tert-OH is 1. The number of hydrogen-bond donors (Lipinski definition) is 2. The first kappa shape index (κ1) is 22.7. The lowest BCUT2D eigenvalue weighted by atomic mass is 10.1. The number of rotatable bonds is 3. The second-order valence-corrected chi connectivity index (χ2v) is 8.34. The number of fused-ring (bicyclic) bond motifs is 1. The van der Waals surface area contributed by atoms with E-state index in [2.05, 4.69) is 9.97 Å². The van der Waals surface area contributed by atoms with Gasteiger partial charge >= 0.3 is 0 Å². The van der Waals surface area contributed by atoms with Crippen LogP contribution < -0.4 is 4.57 Å². The minimum Gasteiger partial charge on any atom is -0.744 e. The second-order valence-electron chi connectivity index (χ2n) is 6.96. The Balaban J connectivity index is 0.000000222. The van der Waals surface area contributed by atoms with Crippen LogP contribution in [0.25, 0.3) is 22.4 Å². The van der Waals surface area contributed by atoms with Crippen molar-refractivity contribution in [3.8, 4) is 6.07 Å². The van der Waals surface area contributed by atoms with Crippen molar-refractivity contribution in [2.24, 2.45) is 7.05 Å². The molecule has 2 heterocycles. The summed E-state index contributed by atoms with van der Waals surface area (Å²) in [7, 11) is -2.39. The van der Waals surface area contributed by atoms with E-state index < -0.39 is 10.1 Å². The SMILES string of the molecule is C[n+]1ccc(C(O)=C(C#N)c2nc3ccccc3[nH]2)cc1.Cc1ccc(S(=O)(=O)[O-])cc1. The number of nitrogens with zero attached hydrogens (tertiary/aromatic N) is 3. The van der Waals surface area contributed by atoms with Gasteiger partial charge in [0.15, 0.2) is 18.2 Å². The number of H-pyrrole nitrogens is 1. The van der Waals surface area contributed by atoms with Gasteiger partial charge in [0.05, 0.1) is 15.9 Å². The molecule has 162 valence electrons. The van der Waals surface area contributed by atoms with Crippen molar-refractivity contribution in [1.82, 2.24) is 9.97 Å². The van der Waals surface area contributed by atoms with Crippen molar-refractivity contribution in [2.75, 3.05) is 0 Å². The highest BCUT2D eigenvalue weighted by Gasteiger charge is 2.15. The maximum absolute atomic E-state index is 10.4. The standard InChI is InChI=1S/C16H12N4O.C7H8O3S/c1-20-8-6-11(7-9-20)15(21)12(10-17)16-18-13-4-2-3-5-14(13)19-16;1-6-2-4-7(5-3-6)11(8,9)10/h2-9,21H,1H3;2-5H,1H3,(H,8,9,10). The molecule has 0 unspecified atom stereocenters. The van der Waals surface area contributed by atoms with Crippen LogP contribution in [0.5, 0.6) is 0 Å². The van der Waals surface area contributed by atoms with Gasteiger partial charge in [0.2, 0.25) is 0 Å². The van der Waals surface area contributed by atoms with Gasteiger partial charge in [0.25, 0.3) is 0 Å². The van der Waals surface area contributed by atoms with Gasteiger partial charge in [-0.3, -0.25) is 0 Å². The van der Waals surface area contributed by atoms with E-state index in [0.29, 0.717) is 11.4 Å². The Morgan fingerprint density at radius 1 is 1.09 bits per heavy atom. The number of hydrogen-bond acceptors (Lipinski definition) is 6. The molecule has 0 saturated heterocycles. The second kappa shape index (κ2) is 9.43. The Labute approximate surface area is 185 Å². The van der Waals surface area contributed by atoms with Crippen molar-refractivity contribution >= 4 is 32.5 Å². The molecule has 32 heavy (non-hydrogen) atoms. The zero-order chi connectivity index (χ0) is 23.3. The Morgan fingerprint density at radius 3 is 2.28 bits per heavy atom. The van der Waals surface area contributed by atoms with Gasteiger partial charge in [-0.1, -0.05) is 29.8 Å². The fourth-order valence-electron chi connectivity index (χ4n) is 2.80. The van der Waals surface area contributed by atoms with E-state index >= 15 is 0 Å². The number of allylic oxidation sites excluding steroid dienone is 1. The Kier molecular flexibility index (Phi) is 6.68. The number of imidazole rings is 1. The lowest BCUT2D eigenvalue weighted by Gasteiger charge is -2.05. The smallest absolute Gasteiger partial charge is 0.169 e. The Morgan fingerprint density at radius 2 is 1.72 bits per heavy atom. The number of aryl methyl sites for hydroxylation is 2. The molecule has 0 aliphatic carbocycles. The van der Waals surface area contributed by atoms with Gasteiger partial charge in [0.1, 0.15) is 34.6 Å². The quantitative estimate of drug-likeness (QED) is 0.214. The normalized spacial score (nSPS) is 11.8. The molecule has 0 aliphatic rings. The minimum atomic E-state index is -4.27. The molecule has 0 saturated carbocycles. The zero-order valence-corrected chi connectivity index (χ0v) is 18.2. The van der Waals surface area contributed by atoms with Gasteiger partial charge < -0.3 is 14.6 Å². The minimum absolute atomic E-state index is 0.0860. The fourth-order valence-corrected chi connectivity index (χ4v) is 3.27. The topological polar surface area (TPSA) is 134 Å². The van der Waals surface area contributed by atoms with E-state index in [1.54, 1.807) is 36.7 Å². The molecule has 0 atom stereocenters. The molecule has 2 aromatic heterocycles. The number of pyridine rings is 1. The molecule has 0 radical (unpaired) electrons. The molecular weight excluding hydrogens is 428 g/mol. The molecule has 0 fully saturated rings. The Bertz CT molecular complexity index is 1380. The average Bonchev–Trinajstić information content (AvgIpc) is 3.18. The molecule has 2 N–H and O–H groups in total. The molecule has 0 bridgehead atoms. The number of nitriles is 1. The lowest BCUT2D eigenvalue weighted by Crippen LogP contribution is -2.25. The molecule has 4 rings (SSSR count). The molecule has 2 aromatic carbocycles. The first-order valence-electron chi connectivity index (χ1n) is 9.45. The Hall–Kier alpha value is -4.00. The van der Waals surface area contributed by atoms with E-state index in [-0.39, 0.29) is 16.2 Å². The molecule has 8 nitrogen and oxygen atoms in total. The number of aromatic nitrogens is 3. The summed E-state index contributed by atoms with van der Waals surface area (Å²) in [6.45, 7) is 1.82. The van der Waals surface area contributed by atoms with Crippen molar-refractivity contribution < 1.29 is 22.6 Å². The molecule has 0 amide bonds. The number of para-hydroxylation sites is 2. The monoisotopic (exact) mass is 448 g/mol. The predicted octanol–water partition coefficient (Wildman–Crippen LogP) is 3.24. The van der Waals surface area contributed by atoms with Gasteiger partial charge in [-0.25, -0.2) is 18.0 Å². The maximum atomic E-state index is 10.4. The van der Waals surface area contributed by atoms with Gasteiger partial charge in [-0.15, -0.1) is 0 Å². The van der Waals surface area contributed by atoms with Crippen LogP contribution in [0, 0.1) is 18.3 Å². The van der Waals surface area contributed by atoms with Crippen LogP contribution in [0.4, 0.5) is 0 Å². The highest BCUT2D eigenvalue weighted by atomic mass is 32.2. The van der Waals surface area contributed by atoms with E-state index in [4.69, 9.17) is 0 Å². The predicted molar refractivity (Wildman–Crippen MR) is 118 cm³/mol. The van der Waals surface area contributed by atoms with E-state index in [9.17, 15) is 23.3 Å². The molecule has 0 spiro atoms. The molecule has 4 aromatic rings. The third-order valence-corrected chi connectivity index (χ3v) is 5.39. The van der Waals surface area contributed by atoms with Crippen molar-refractivity contribution in [3.05, 3.63) is 90.0 Å². The summed E-state index contributed by atoms with van der Waals surface area (Å²) < 4.78 is 33.0. The van der Waals surface area contributed by atoms with Crippen molar-refractivity contribution in [2.45, 2.75) is 11.8 Å². The summed E-state index contributed by atoms with van der Waals surface area (Å²) in [5, 5.41) is 19.7. The fraction of sp³-hybridized carbons (Fsp3) is 0.0870. The average molecular weight is 449 g/mol. The maximum Gasteiger partial charge on any atom is 0.169 e. The van der Waals surface area contributed by atoms with Crippen LogP contribution in [0.2, 0.25) is 0 Å². The summed E-state index contributed by atoms with van der Waals surface area (Å²) in [5.41, 5.74) is 3.21. The highest BCUT2D eigenvalue weighted by molar-refractivity contribution is 7.85. The van der Waals surface area contributed by atoms with Crippen LogP contribution in [0.15, 0.2) is 78.0 Å². The molecular formula is C23H20N4O4S. The third kappa shape index (κ3) is 5.37. The van der Waals surface area contributed by atoms with E-state index in [0.717, 1.165) is 16.6 Å². The van der Waals surface area contributed by atoms with Gasteiger partial charge in [-0.05, 0) is 31.2 Å². The number of nitrogens with one attached hydrogen (secondary N) is 1. The summed E-state index contributed by atoms with van der Waals surface area (Å²) in [6.07, 6.45) is 3.61. The molecule has 9 heteroatoms. The van der Waals surface area contributed by atoms with Gasteiger partial charge in [-0.2, -0.15) is 5.26 Å². The van der Waals surface area contributed by atoms with Crippen LogP contribution in [-0.2, 0) is 17.2 Å². The lowest BCUT2D eigenvalue weighted by molar-refractivity contribution is -0.671. The van der Waals surface area contributed by atoms with Crippen LogP contribution in [-0.4, -0.2) is 28.0 Å². The zero-order valence-electron chi connectivity index (χ0n) is 17.4. The van der Waals surface area contributed by atoms with E-state index in [1.807, 2.05) is 48.9 Å². The first-order chi connectivity index (χ1) is 15.2. The summed E-state index contributed by atoms with van der Waals surface area (Å²) in [5.74, 6) is 0.279. The van der Waals surface area contributed by atoms with E-state index in [1.165, 1.54) is 12.1 Å².